The van der Waals surface area contributed by atoms with Crippen LogP contribution >= 0.6 is 0 Å². The Balaban J connectivity index is 1.39. The second kappa shape index (κ2) is 10.3. The number of rotatable bonds is 8. The number of nitrogens with zero attached hydrogens (tertiary/aromatic N) is 2. The van der Waals surface area contributed by atoms with E-state index in [1.54, 1.807) is 7.11 Å². The first-order chi connectivity index (χ1) is 16.7. The molecule has 2 aliphatic heterocycles. The number of hydrogen-bond acceptors (Lipinski definition) is 4. The molecule has 4 nitrogen and oxygen atoms in total. The van der Waals surface area contributed by atoms with Gasteiger partial charge in [-0.2, -0.15) is 0 Å². The van der Waals surface area contributed by atoms with Crippen LogP contribution < -0.4 is 4.74 Å². The van der Waals surface area contributed by atoms with E-state index in [2.05, 4.69) is 76.5 Å². The van der Waals surface area contributed by atoms with Gasteiger partial charge in [-0.25, -0.2) is 0 Å². The van der Waals surface area contributed by atoms with E-state index < -0.39 is 6.10 Å². The molecule has 2 aliphatic rings. The molecule has 34 heavy (non-hydrogen) atoms. The minimum atomic E-state index is -0.520. The average Bonchev–Trinajstić information content (AvgIpc) is 3.26. The first-order valence-electron chi connectivity index (χ1n) is 12.5. The van der Waals surface area contributed by atoms with E-state index in [4.69, 9.17) is 4.74 Å². The van der Waals surface area contributed by atoms with Crippen LogP contribution in [0.25, 0.3) is 0 Å². The van der Waals surface area contributed by atoms with Crippen LogP contribution in [0.2, 0.25) is 0 Å². The standard InChI is InChI=1S/C30H36N2O2/c1-34-28-14-8-13-26(19-28)29(33)30-22-31(17-15-24-9-4-2-5-10-24)18-16-27(30)21-32(23-30)20-25-11-6-3-7-12-25/h2-14,19,27,29,33H,15-18,20-23H2,1H3. The molecule has 4 heteroatoms. The molecule has 3 unspecified atom stereocenters. The predicted molar refractivity (Wildman–Crippen MR) is 137 cm³/mol. The molecular weight excluding hydrogens is 420 g/mol. The van der Waals surface area contributed by atoms with E-state index in [0.717, 1.165) is 63.4 Å². The fourth-order valence-corrected chi connectivity index (χ4v) is 6.12. The lowest BCUT2D eigenvalue weighted by atomic mass is 9.67. The van der Waals surface area contributed by atoms with E-state index in [-0.39, 0.29) is 5.41 Å². The largest absolute Gasteiger partial charge is 0.497 e. The number of ether oxygens (including phenoxy) is 1. The van der Waals surface area contributed by atoms with Crippen LogP contribution in [-0.4, -0.2) is 54.7 Å². The molecule has 0 radical (unpaired) electrons. The lowest BCUT2D eigenvalue weighted by Crippen LogP contribution is -2.52. The number of methoxy groups -OCH3 is 1. The van der Waals surface area contributed by atoms with Crippen molar-refractivity contribution in [3.05, 3.63) is 102 Å². The Morgan fingerprint density at radius 2 is 1.62 bits per heavy atom. The third kappa shape index (κ3) is 4.90. The van der Waals surface area contributed by atoms with Crippen LogP contribution in [0.1, 0.15) is 29.2 Å². The molecule has 2 saturated heterocycles. The number of aliphatic hydroxyl groups excluding tert-OH is 1. The lowest BCUT2D eigenvalue weighted by Gasteiger charge is -2.47. The Kier molecular flexibility index (Phi) is 7.00. The highest BCUT2D eigenvalue weighted by molar-refractivity contribution is 5.32. The van der Waals surface area contributed by atoms with Crippen molar-refractivity contribution in [3.8, 4) is 5.75 Å². The van der Waals surface area contributed by atoms with Crippen molar-refractivity contribution < 1.29 is 9.84 Å². The van der Waals surface area contributed by atoms with Gasteiger partial charge in [-0.05, 0) is 54.1 Å². The minimum absolute atomic E-state index is 0.184. The third-order valence-corrected chi connectivity index (χ3v) is 7.88. The van der Waals surface area contributed by atoms with Crippen LogP contribution in [-0.2, 0) is 13.0 Å². The number of benzene rings is 3. The van der Waals surface area contributed by atoms with E-state index in [1.165, 1.54) is 11.1 Å². The summed E-state index contributed by atoms with van der Waals surface area (Å²) in [7, 11) is 1.69. The summed E-state index contributed by atoms with van der Waals surface area (Å²) >= 11 is 0. The van der Waals surface area contributed by atoms with Crippen LogP contribution in [0.3, 0.4) is 0 Å². The Bertz CT molecular complexity index is 1060. The predicted octanol–water partition coefficient (Wildman–Crippen LogP) is 4.80. The van der Waals surface area contributed by atoms with Crippen LogP contribution in [0.4, 0.5) is 0 Å². The van der Waals surface area contributed by atoms with Gasteiger partial charge in [0, 0.05) is 38.1 Å². The smallest absolute Gasteiger partial charge is 0.119 e. The van der Waals surface area contributed by atoms with Crippen molar-refractivity contribution in [1.82, 2.24) is 9.80 Å². The zero-order valence-corrected chi connectivity index (χ0v) is 20.1. The molecule has 0 saturated carbocycles. The summed E-state index contributed by atoms with van der Waals surface area (Å²) in [6.07, 6.45) is 1.65. The number of aliphatic hydroxyl groups is 1. The van der Waals surface area contributed by atoms with E-state index in [0.29, 0.717) is 5.92 Å². The summed E-state index contributed by atoms with van der Waals surface area (Å²) in [6, 6.07) is 29.5. The Morgan fingerprint density at radius 1 is 0.912 bits per heavy atom. The Labute approximate surface area is 203 Å². The highest BCUT2D eigenvalue weighted by Crippen LogP contribution is 2.50. The summed E-state index contributed by atoms with van der Waals surface area (Å²) in [4.78, 5) is 5.14. The van der Waals surface area contributed by atoms with Gasteiger partial charge < -0.3 is 14.7 Å². The lowest BCUT2D eigenvalue weighted by molar-refractivity contribution is -0.0513. The highest BCUT2D eigenvalue weighted by Gasteiger charge is 2.54. The second-order valence-electron chi connectivity index (χ2n) is 10.1. The van der Waals surface area contributed by atoms with Gasteiger partial charge in [0.25, 0.3) is 0 Å². The first kappa shape index (κ1) is 23.1. The van der Waals surface area contributed by atoms with Crippen molar-refractivity contribution >= 4 is 0 Å². The molecule has 0 amide bonds. The number of piperidine rings is 1. The molecule has 2 fully saturated rings. The molecule has 3 aromatic rings. The minimum Gasteiger partial charge on any atom is -0.497 e. The monoisotopic (exact) mass is 456 g/mol. The summed E-state index contributed by atoms with van der Waals surface area (Å²) in [5, 5.41) is 11.9. The molecule has 178 valence electrons. The van der Waals surface area contributed by atoms with Gasteiger partial charge in [0.2, 0.25) is 0 Å². The SMILES string of the molecule is COc1cccc(C(O)C23CN(CCc4ccccc4)CCC2CN(Cc2ccccc2)C3)c1. The highest BCUT2D eigenvalue weighted by atomic mass is 16.5. The molecule has 3 atom stereocenters. The normalized spacial score (nSPS) is 24.0. The number of fused-ring (bicyclic) bond motifs is 1. The molecule has 0 aromatic heterocycles. The van der Waals surface area contributed by atoms with Crippen LogP contribution in [0, 0.1) is 11.3 Å². The maximum Gasteiger partial charge on any atom is 0.119 e. The fourth-order valence-electron chi connectivity index (χ4n) is 6.12. The summed E-state index contributed by atoms with van der Waals surface area (Å²) in [5.41, 5.74) is 3.50. The molecule has 1 N–H and O–H groups in total. The fraction of sp³-hybridized carbons (Fsp3) is 0.400. The molecule has 3 aromatic carbocycles. The molecule has 0 spiro atoms. The number of likely N-dealkylation sites (tertiary alicyclic amines) is 2. The maximum absolute atomic E-state index is 11.9. The van der Waals surface area contributed by atoms with Gasteiger partial charge in [-0.15, -0.1) is 0 Å². The van der Waals surface area contributed by atoms with E-state index in [9.17, 15) is 5.11 Å². The summed E-state index contributed by atoms with van der Waals surface area (Å²) in [5.74, 6) is 1.28. The summed E-state index contributed by atoms with van der Waals surface area (Å²) in [6.45, 7) is 5.95. The molecule has 0 aliphatic carbocycles. The van der Waals surface area contributed by atoms with Gasteiger partial charge in [0.1, 0.15) is 5.75 Å². The third-order valence-electron chi connectivity index (χ3n) is 7.88. The van der Waals surface area contributed by atoms with Gasteiger partial charge in [-0.3, -0.25) is 4.90 Å². The van der Waals surface area contributed by atoms with Gasteiger partial charge in [0.05, 0.1) is 13.2 Å². The van der Waals surface area contributed by atoms with Crippen molar-refractivity contribution in [1.29, 1.82) is 0 Å². The quantitative estimate of drug-likeness (QED) is 0.528. The number of hydrogen-bond donors (Lipinski definition) is 1. The average molecular weight is 457 g/mol. The topological polar surface area (TPSA) is 35.9 Å². The maximum atomic E-state index is 11.9. The van der Waals surface area contributed by atoms with E-state index in [1.807, 2.05) is 18.2 Å². The van der Waals surface area contributed by atoms with Crippen molar-refractivity contribution in [3.63, 3.8) is 0 Å². The molecule has 2 heterocycles. The zero-order valence-electron chi connectivity index (χ0n) is 20.1. The van der Waals surface area contributed by atoms with Gasteiger partial charge in [0.15, 0.2) is 0 Å². The molecular formula is C30H36N2O2. The summed E-state index contributed by atoms with van der Waals surface area (Å²) < 4.78 is 5.48. The Morgan fingerprint density at radius 3 is 2.35 bits per heavy atom. The zero-order chi connectivity index (χ0) is 23.4. The van der Waals surface area contributed by atoms with Gasteiger partial charge >= 0.3 is 0 Å². The molecule has 5 rings (SSSR count). The van der Waals surface area contributed by atoms with Crippen molar-refractivity contribution in [2.24, 2.45) is 11.3 Å². The Hall–Kier alpha value is -2.66. The van der Waals surface area contributed by atoms with Crippen molar-refractivity contribution in [2.75, 3.05) is 39.8 Å². The van der Waals surface area contributed by atoms with Gasteiger partial charge in [-0.1, -0.05) is 72.8 Å². The first-order valence-corrected chi connectivity index (χ1v) is 12.5. The molecule has 0 bridgehead atoms. The van der Waals surface area contributed by atoms with Crippen LogP contribution in [0.15, 0.2) is 84.9 Å². The second-order valence-corrected chi connectivity index (χ2v) is 10.1. The van der Waals surface area contributed by atoms with Crippen molar-refractivity contribution in [2.45, 2.75) is 25.5 Å². The van der Waals surface area contributed by atoms with Crippen LogP contribution in [0.5, 0.6) is 5.75 Å². The van der Waals surface area contributed by atoms with E-state index >= 15 is 0 Å².